The molecule has 0 amide bonds. The molecule has 1 aliphatic rings. The lowest BCUT2D eigenvalue weighted by Gasteiger charge is -1.90. The molecule has 0 aromatic heterocycles. The fourth-order valence-corrected chi connectivity index (χ4v) is 9.93. The average molecular weight is 298 g/mol. The van der Waals surface area contributed by atoms with Crippen molar-refractivity contribution in [2.45, 2.75) is 9.79 Å². The predicted octanol–water partition coefficient (Wildman–Crippen LogP) is 4.55. The molecule has 0 saturated carbocycles. The maximum Gasteiger partial charge on any atom is 0.0878 e. The lowest BCUT2D eigenvalue weighted by atomic mass is 10.4. The molecule has 1 aromatic carbocycles. The first-order valence-electron chi connectivity index (χ1n) is 2.77. The van der Waals surface area contributed by atoms with Crippen LogP contribution in [0, 0.1) is 0 Å². The zero-order valence-electron chi connectivity index (χ0n) is 4.95. The molecule has 0 bridgehead atoms. The first-order valence-corrected chi connectivity index (χ1v) is 9.74. The van der Waals surface area contributed by atoms with Gasteiger partial charge in [0.05, 0.1) is 3.97 Å². The Hall–Kier alpha value is 1.08. The van der Waals surface area contributed by atoms with Crippen LogP contribution in [0.5, 0.6) is 0 Å². The minimum absolute atomic E-state index is 0.111. The van der Waals surface area contributed by atoms with Crippen LogP contribution >= 0.6 is 48.8 Å². The van der Waals surface area contributed by atoms with Crippen molar-refractivity contribution in [3.05, 3.63) is 24.3 Å². The third-order valence-electron chi connectivity index (χ3n) is 1.19. The standard InChI is InChI=1S/C6H4IPS2/c7-8-9-5-3-1-2-4-6(5)10-8/h1-4H. The van der Waals surface area contributed by atoms with Gasteiger partial charge in [-0.15, -0.1) is 0 Å². The van der Waals surface area contributed by atoms with Crippen LogP contribution in [-0.2, 0) is 0 Å². The Morgan fingerprint density at radius 2 is 1.60 bits per heavy atom. The molecule has 0 fully saturated rings. The Balaban J connectivity index is 2.42. The second kappa shape index (κ2) is 3.21. The van der Waals surface area contributed by atoms with Crippen molar-refractivity contribution in [2.75, 3.05) is 0 Å². The lowest BCUT2D eigenvalue weighted by Crippen LogP contribution is -1.65. The minimum atomic E-state index is 0.111. The molecular formula is C6H4IPS2. The van der Waals surface area contributed by atoms with Gasteiger partial charge in [-0.05, 0) is 34.2 Å². The average Bonchev–Trinajstić information content (AvgIpc) is 2.27. The third kappa shape index (κ3) is 1.47. The smallest absolute Gasteiger partial charge is 0.0749 e. The predicted molar refractivity (Wildman–Crippen MR) is 59.1 cm³/mol. The number of rotatable bonds is 0. The Labute approximate surface area is 82.3 Å². The van der Waals surface area contributed by atoms with Gasteiger partial charge < -0.3 is 0 Å². The van der Waals surface area contributed by atoms with E-state index in [1.807, 2.05) is 22.8 Å². The van der Waals surface area contributed by atoms with E-state index in [-0.39, 0.29) is 3.97 Å². The second-order valence-corrected chi connectivity index (χ2v) is 14.3. The van der Waals surface area contributed by atoms with Crippen molar-refractivity contribution in [3.8, 4) is 0 Å². The van der Waals surface area contributed by atoms with Gasteiger partial charge in [0.2, 0.25) is 0 Å². The summed E-state index contributed by atoms with van der Waals surface area (Å²) in [7, 11) is 0. The van der Waals surface area contributed by atoms with Crippen LogP contribution in [0.1, 0.15) is 0 Å². The number of benzene rings is 1. The summed E-state index contributed by atoms with van der Waals surface area (Å²) in [6.45, 7) is 0. The molecule has 0 saturated heterocycles. The largest absolute Gasteiger partial charge is 0.0878 e. The highest BCUT2D eigenvalue weighted by Crippen LogP contribution is 2.78. The lowest BCUT2D eigenvalue weighted by molar-refractivity contribution is 1.27. The van der Waals surface area contributed by atoms with Crippen LogP contribution in [-0.4, -0.2) is 0 Å². The van der Waals surface area contributed by atoms with Crippen molar-refractivity contribution in [1.82, 2.24) is 0 Å². The highest BCUT2D eigenvalue weighted by Gasteiger charge is 2.19. The number of halogens is 1. The monoisotopic (exact) mass is 298 g/mol. The van der Waals surface area contributed by atoms with Crippen molar-refractivity contribution in [3.63, 3.8) is 0 Å². The van der Waals surface area contributed by atoms with Crippen molar-refractivity contribution in [2.24, 2.45) is 0 Å². The number of hydrogen-bond acceptors (Lipinski definition) is 2. The van der Waals surface area contributed by atoms with Gasteiger partial charge in [0.1, 0.15) is 0 Å². The van der Waals surface area contributed by atoms with Crippen molar-refractivity contribution >= 4 is 48.8 Å². The van der Waals surface area contributed by atoms with E-state index in [0.717, 1.165) is 0 Å². The van der Waals surface area contributed by atoms with Gasteiger partial charge in [0.15, 0.2) is 0 Å². The molecular weight excluding hydrogens is 294 g/mol. The highest BCUT2D eigenvalue weighted by atomic mass is 127. The van der Waals surface area contributed by atoms with Crippen LogP contribution in [0.3, 0.4) is 0 Å². The molecule has 1 aromatic rings. The molecule has 0 spiro atoms. The maximum absolute atomic E-state index is 2.52. The van der Waals surface area contributed by atoms with Gasteiger partial charge in [-0.3, -0.25) is 0 Å². The molecule has 1 heterocycles. The van der Waals surface area contributed by atoms with Gasteiger partial charge in [0, 0.05) is 9.79 Å². The second-order valence-electron chi connectivity index (χ2n) is 1.84. The van der Waals surface area contributed by atoms with Gasteiger partial charge in [0.25, 0.3) is 0 Å². The Bertz CT molecular complexity index is 228. The van der Waals surface area contributed by atoms with Crippen LogP contribution in [0.2, 0.25) is 0 Å². The van der Waals surface area contributed by atoms with E-state index in [2.05, 4.69) is 46.3 Å². The number of hydrogen-bond donors (Lipinski definition) is 0. The summed E-state index contributed by atoms with van der Waals surface area (Å²) < 4.78 is 0.111. The van der Waals surface area contributed by atoms with Crippen molar-refractivity contribution in [1.29, 1.82) is 0 Å². The first-order chi connectivity index (χ1) is 4.86. The van der Waals surface area contributed by atoms with Crippen LogP contribution in [0.4, 0.5) is 0 Å². The van der Waals surface area contributed by atoms with Crippen molar-refractivity contribution < 1.29 is 0 Å². The summed E-state index contributed by atoms with van der Waals surface area (Å²) in [5.74, 6) is 0. The van der Waals surface area contributed by atoms with Gasteiger partial charge >= 0.3 is 0 Å². The topological polar surface area (TPSA) is 0 Å². The van der Waals surface area contributed by atoms with E-state index in [0.29, 0.717) is 0 Å². The fraction of sp³-hybridized carbons (Fsp3) is 0. The number of fused-ring (bicyclic) bond motifs is 1. The van der Waals surface area contributed by atoms with Crippen LogP contribution in [0.25, 0.3) is 0 Å². The Morgan fingerprint density at radius 3 is 2.10 bits per heavy atom. The Kier molecular flexibility index (Phi) is 2.48. The molecule has 0 aliphatic carbocycles. The van der Waals surface area contributed by atoms with Crippen LogP contribution in [0.15, 0.2) is 34.1 Å². The summed E-state index contributed by atoms with van der Waals surface area (Å²) in [6, 6.07) is 8.62. The van der Waals surface area contributed by atoms with E-state index >= 15 is 0 Å². The zero-order valence-corrected chi connectivity index (χ0v) is 9.64. The molecule has 0 nitrogen and oxygen atoms in total. The summed E-state index contributed by atoms with van der Waals surface area (Å²) >= 11 is 6.53. The maximum atomic E-state index is 2.52. The van der Waals surface area contributed by atoms with E-state index < -0.39 is 0 Å². The van der Waals surface area contributed by atoms with E-state index in [1.165, 1.54) is 9.79 Å². The summed E-state index contributed by atoms with van der Waals surface area (Å²) in [5.41, 5.74) is 0. The first kappa shape index (κ1) is 7.71. The molecule has 2 rings (SSSR count). The van der Waals surface area contributed by atoms with Crippen LogP contribution < -0.4 is 0 Å². The quantitative estimate of drug-likeness (QED) is 0.509. The highest BCUT2D eigenvalue weighted by molar-refractivity contribution is 14.2. The molecule has 0 unspecified atom stereocenters. The molecule has 52 valence electrons. The van der Waals surface area contributed by atoms with Gasteiger partial charge in [-0.1, -0.05) is 34.9 Å². The summed E-state index contributed by atoms with van der Waals surface area (Å²) in [6.07, 6.45) is 0. The summed E-state index contributed by atoms with van der Waals surface area (Å²) in [5, 5.41) is 0. The molecule has 1 aliphatic heterocycles. The third-order valence-corrected chi connectivity index (χ3v) is 9.64. The molecule has 0 atom stereocenters. The molecule has 10 heavy (non-hydrogen) atoms. The molecule has 4 heteroatoms. The van der Waals surface area contributed by atoms with E-state index in [4.69, 9.17) is 0 Å². The normalized spacial score (nSPS) is 17.3. The van der Waals surface area contributed by atoms with E-state index in [9.17, 15) is 0 Å². The van der Waals surface area contributed by atoms with Gasteiger partial charge in [-0.25, -0.2) is 0 Å². The SMILES string of the molecule is IP1Sc2ccccc2S1. The van der Waals surface area contributed by atoms with E-state index in [1.54, 1.807) is 0 Å². The van der Waals surface area contributed by atoms with Gasteiger partial charge in [-0.2, -0.15) is 0 Å². The fourth-order valence-electron chi connectivity index (χ4n) is 0.774. The minimum Gasteiger partial charge on any atom is -0.0749 e. The molecule has 0 N–H and O–H groups in total. The Morgan fingerprint density at radius 1 is 1.10 bits per heavy atom. The molecule has 0 radical (unpaired) electrons. The summed E-state index contributed by atoms with van der Waals surface area (Å²) in [4.78, 5) is 2.93. The zero-order chi connectivity index (χ0) is 6.97.